The smallest absolute Gasteiger partial charge is 0.0337 e. The van der Waals surface area contributed by atoms with Gasteiger partial charge in [0.2, 0.25) is 0 Å². The van der Waals surface area contributed by atoms with Crippen LogP contribution in [0.3, 0.4) is 0 Å². The van der Waals surface area contributed by atoms with Gasteiger partial charge in [-0.2, -0.15) is 0 Å². The maximum atomic E-state index is 6.31. The van der Waals surface area contributed by atoms with Gasteiger partial charge in [0.15, 0.2) is 0 Å². The second-order valence-corrected chi connectivity index (χ2v) is 7.12. The van der Waals surface area contributed by atoms with Crippen molar-refractivity contribution in [2.24, 2.45) is 17.6 Å². The Bertz CT molecular complexity index is 440. The fourth-order valence-corrected chi connectivity index (χ4v) is 4.38. The van der Waals surface area contributed by atoms with Crippen molar-refractivity contribution >= 4 is 0 Å². The molecular weight excluding hydrogens is 256 g/mol. The first-order valence-corrected chi connectivity index (χ1v) is 8.76. The van der Waals surface area contributed by atoms with Crippen molar-refractivity contribution in [2.75, 3.05) is 13.1 Å². The summed E-state index contributed by atoms with van der Waals surface area (Å²) in [5, 5.41) is 0. The number of likely N-dealkylation sites (N-methyl/N-ethyl adjacent to an activating group) is 1. The molecule has 0 aliphatic heterocycles. The molecule has 2 fully saturated rings. The lowest BCUT2D eigenvalue weighted by molar-refractivity contribution is 0.0284. The van der Waals surface area contributed by atoms with E-state index >= 15 is 0 Å². The molecule has 2 saturated carbocycles. The van der Waals surface area contributed by atoms with Gasteiger partial charge in [0, 0.05) is 18.6 Å². The van der Waals surface area contributed by atoms with Gasteiger partial charge in [0.1, 0.15) is 0 Å². The predicted molar refractivity (Wildman–Crippen MR) is 89.0 cm³/mol. The maximum absolute atomic E-state index is 6.31. The quantitative estimate of drug-likeness (QED) is 0.861. The molecule has 2 nitrogen and oxygen atoms in total. The Balaban J connectivity index is 1.75. The minimum absolute atomic E-state index is 0.246. The molecule has 0 saturated heterocycles. The van der Waals surface area contributed by atoms with E-state index in [0.29, 0.717) is 0 Å². The van der Waals surface area contributed by atoms with Crippen molar-refractivity contribution in [1.29, 1.82) is 0 Å². The first kappa shape index (κ1) is 15.1. The normalized spacial score (nSPS) is 29.8. The molecule has 0 bridgehead atoms. The molecule has 116 valence electrons. The maximum Gasteiger partial charge on any atom is 0.0337 e. The Hall–Kier alpha value is -0.860. The molecule has 1 aromatic carbocycles. The number of nitrogens with zero attached hydrogens (tertiary/aromatic N) is 1. The van der Waals surface area contributed by atoms with Gasteiger partial charge in [-0.25, -0.2) is 0 Å². The average Bonchev–Trinajstić information content (AvgIpc) is 3.38. The standard InChI is InChI=1S/C19H30N2/c1-2-21(14-16-7-4-3-5-8-16)19(15-20)12-6-9-18(13-19)17-10-11-17/h3-5,7-8,17-18H,2,6,9-15,20H2,1H3. The highest BCUT2D eigenvalue weighted by molar-refractivity contribution is 5.15. The molecule has 2 aliphatic carbocycles. The zero-order valence-electron chi connectivity index (χ0n) is 13.4. The lowest BCUT2D eigenvalue weighted by atomic mass is 9.72. The van der Waals surface area contributed by atoms with Gasteiger partial charge in [-0.05, 0) is 49.6 Å². The highest BCUT2D eigenvalue weighted by Crippen LogP contribution is 2.48. The van der Waals surface area contributed by atoms with Crippen LogP contribution in [0.5, 0.6) is 0 Å². The van der Waals surface area contributed by atoms with E-state index < -0.39 is 0 Å². The van der Waals surface area contributed by atoms with E-state index in [4.69, 9.17) is 5.73 Å². The van der Waals surface area contributed by atoms with Crippen molar-refractivity contribution in [2.45, 2.75) is 57.5 Å². The van der Waals surface area contributed by atoms with Crippen LogP contribution in [0.4, 0.5) is 0 Å². The van der Waals surface area contributed by atoms with Crippen LogP contribution in [0.1, 0.15) is 51.0 Å². The molecule has 2 unspecified atom stereocenters. The Morgan fingerprint density at radius 2 is 1.90 bits per heavy atom. The molecule has 0 spiro atoms. The number of hydrogen-bond donors (Lipinski definition) is 1. The van der Waals surface area contributed by atoms with Crippen molar-refractivity contribution in [3.63, 3.8) is 0 Å². The minimum atomic E-state index is 0.246. The number of nitrogens with two attached hydrogens (primary N) is 1. The van der Waals surface area contributed by atoms with E-state index in [9.17, 15) is 0 Å². The van der Waals surface area contributed by atoms with Crippen LogP contribution in [0.25, 0.3) is 0 Å². The average molecular weight is 286 g/mol. The summed E-state index contributed by atoms with van der Waals surface area (Å²) >= 11 is 0. The Morgan fingerprint density at radius 1 is 1.14 bits per heavy atom. The molecule has 0 aromatic heterocycles. The van der Waals surface area contributed by atoms with Gasteiger partial charge in [-0.3, -0.25) is 4.90 Å². The van der Waals surface area contributed by atoms with E-state index in [1.54, 1.807) is 0 Å². The summed E-state index contributed by atoms with van der Waals surface area (Å²) in [7, 11) is 0. The Morgan fingerprint density at radius 3 is 2.52 bits per heavy atom. The third-order valence-corrected chi connectivity index (χ3v) is 5.80. The zero-order chi connectivity index (χ0) is 14.7. The predicted octanol–water partition coefficient (Wildman–Crippen LogP) is 3.81. The van der Waals surface area contributed by atoms with Crippen LogP contribution < -0.4 is 5.73 Å². The van der Waals surface area contributed by atoms with E-state index in [0.717, 1.165) is 31.5 Å². The first-order chi connectivity index (χ1) is 10.3. The first-order valence-electron chi connectivity index (χ1n) is 8.76. The summed E-state index contributed by atoms with van der Waals surface area (Å²) in [6, 6.07) is 10.9. The summed E-state index contributed by atoms with van der Waals surface area (Å²) < 4.78 is 0. The highest BCUT2D eigenvalue weighted by atomic mass is 15.2. The van der Waals surface area contributed by atoms with Crippen LogP contribution in [-0.4, -0.2) is 23.5 Å². The van der Waals surface area contributed by atoms with Crippen molar-refractivity contribution in [1.82, 2.24) is 4.90 Å². The van der Waals surface area contributed by atoms with E-state index in [1.165, 1.54) is 44.1 Å². The van der Waals surface area contributed by atoms with Gasteiger partial charge in [-0.15, -0.1) is 0 Å². The van der Waals surface area contributed by atoms with Crippen molar-refractivity contribution in [3.05, 3.63) is 35.9 Å². The SMILES string of the molecule is CCN(Cc1ccccc1)C1(CN)CCCC(C2CC2)C1. The number of hydrogen-bond acceptors (Lipinski definition) is 2. The molecule has 21 heavy (non-hydrogen) atoms. The van der Waals surface area contributed by atoms with E-state index in [2.05, 4.69) is 42.2 Å². The summed E-state index contributed by atoms with van der Waals surface area (Å²) in [6.45, 7) is 5.26. The molecule has 2 atom stereocenters. The third kappa shape index (κ3) is 3.32. The molecule has 2 aliphatic rings. The van der Waals surface area contributed by atoms with Crippen LogP contribution in [0.2, 0.25) is 0 Å². The fourth-order valence-electron chi connectivity index (χ4n) is 4.38. The van der Waals surface area contributed by atoms with Gasteiger partial charge in [0.05, 0.1) is 0 Å². The number of rotatable bonds is 6. The Kier molecular flexibility index (Phi) is 4.66. The molecule has 0 radical (unpaired) electrons. The van der Waals surface area contributed by atoms with Gasteiger partial charge in [-0.1, -0.05) is 50.1 Å². The molecular formula is C19H30N2. The van der Waals surface area contributed by atoms with Gasteiger partial charge < -0.3 is 5.73 Å². The molecule has 0 heterocycles. The lowest BCUT2D eigenvalue weighted by Crippen LogP contribution is -2.56. The van der Waals surface area contributed by atoms with Gasteiger partial charge in [0.25, 0.3) is 0 Å². The Labute approximate surface area is 129 Å². The minimum Gasteiger partial charge on any atom is -0.329 e. The van der Waals surface area contributed by atoms with E-state index in [1.807, 2.05) is 0 Å². The molecule has 2 N–H and O–H groups in total. The highest BCUT2D eigenvalue weighted by Gasteiger charge is 2.43. The van der Waals surface area contributed by atoms with Crippen LogP contribution >= 0.6 is 0 Å². The summed E-state index contributed by atoms with van der Waals surface area (Å²) in [4.78, 5) is 2.66. The molecule has 2 heteroatoms. The second kappa shape index (κ2) is 6.50. The van der Waals surface area contributed by atoms with Crippen LogP contribution in [0.15, 0.2) is 30.3 Å². The summed E-state index contributed by atoms with van der Waals surface area (Å²) in [5.41, 5.74) is 7.97. The number of benzene rings is 1. The third-order valence-electron chi connectivity index (χ3n) is 5.80. The monoisotopic (exact) mass is 286 g/mol. The molecule has 0 amide bonds. The summed E-state index contributed by atoms with van der Waals surface area (Å²) in [5.74, 6) is 1.96. The van der Waals surface area contributed by atoms with E-state index in [-0.39, 0.29) is 5.54 Å². The largest absolute Gasteiger partial charge is 0.329 e. The van der Waals surface area contributed by atoms with Crippen LogP contribution in [0, 0.1) is 11.8 Å². The topological polar surface area (TPSA) is 29.3 Å². The van der Waals surface area contributed by atoms with Crippen molar-refractivity contribution < 1.29 is 0 Å². The summed E-state index contributed by atoms with van der Waals surface area (Å²) in [6.07, 6.45) is 8.35. The fraction of sp³-hybridized carbons (Fsp3) is 0.684. The zero-order valence-corrected chi connectivity index (χ0v) is 13.4. The lowest BCUT2D eigenvalue weighted by Gasteiger charge is -2.48. The second-order valence-electron chi connectivity index (χ2n) is 7.12. The van der Waals surface area contributed by atoms with Crippen molar-refractivity contribution in [3.8, 4) is 0 Å². The van der Waals surface area contributed by atoms with Crippen LogP contribution in [-0.2, 0) is 6.54 Å². The van der Waals surface area contributed by atoms with Gasteiger partial charge >= 0.3 is 0 Å². The molecule has 1 aromatic rings. The molecule has 3 rings (SSSR count).